The van der Waals surface area contributed by atoms with Crippen molar-refractivity contribution < 1.29 is 0 Å². The summed E-state index contributed by atoms with van der Waals surface area (Å²) in [5, 5.41) is 4.52. The summed E-state index contributed by atoms with van der Waals surface area (Å²) in [5.41, 5.74) is 7.02. The lowest BCUT2D eigenvalue weighted by atomic mass is 10.1. The lowest BCUT2D eigenvalue weighted by Gasteiger charge is -2.03. The molecule has 0 bridgehead atoms. The van der Waals surface area contributed by atoms with E-state index in [0.717, 1.165) is 39.4 Å². The quantitative estimate of drug-likeness (QED) is 0.440. The average Bonchev–Trinajstić information content (AvgIpc) is 2.95. The zero-order chi connectivity index (χ0) is 15.1. The van der Waals surface area contributed by atoms with Crippen molar-refractivity contribution in [2.24, 2.45) is 0 Å². The molecule has 0 radical (unpaired) electrons. The van der Waals surface area contributed by atoms with Gasteiger partial charge in [-0.25, -0.2) is 9.97 Å². The van der Waals surface area contributed by atoms with E-state index in [9.17, 15) is 0 Å². The summed E-state index contributed by atoms with van der Waals surface area (Å²) in [5.74, 6) is 0. The van der Waals surface area contributed by atoms with Gasteiger partial charge in [0.1, 0.15) is 5.52 Å². The number of rotatable bonds is 3. The Hall–Kier alpha value is -0.0100. The number of hydrogen-bond acceptors (Lipinski definition) is 5. The Bertz CT molecular complexity index is 827. The van der Waals surface area contributed by atoms with Crippen LogP contribution in [0, 0.1) is 20.8 Å². The highest BCUT2D eigenvalue weighted by Crippen LogP contribution is 2.32. The average molecular weight is 543 g/mol. The van der Waals surface area contributed by atoms with Crippen LogP contribution in [-0.4, -0.2) is 23.1 Å². The molecular weight excluding hydrogens is 532 g/mol. The fraction of sp³-hybridized carbons (Fsp3) is 0.250. The molecule has 5 nitrogen and oxygen atoms in total. The van der Waals surface area contributed by atoms with E-state index < -0.39 is 0 Å². The zero-order valence-electron chi connectivity index (χ0n) is 11.5. The standard InChI is InChI=1S/C12H11I2N5S2/c1-6-5-18(20-13)12-11(6)16-9(4-15-12)10-7(2)17-19(21-14)8(10)3/h4-5H,1-3H3. The van der Waals surface area contributed by atoms with Gasteiger partial charge in [-0.1, -0.05) is 0 Å². The van der Waals surface area contributed by atoms with Gasteiger partial charge in [0.05, 0.1) is 23.3 Å². The predicted molar refractivity (Wildman–Crippen MR) is 107 cm³/mol. The van der Waals surface area contributed by atoms with E-state index in [2.05, 4.69) is 72.5 Å². The van der Waals surface area contributed by atoms with Gasteiger partial charge in [0, 0.05) is 72.4 Å². The molecule has 0 aromatic carbocycles. The molecule has 0 atom stereocenters. The van der Waals surface area contributed by atoms with Crippen LogP contribution in [0.2, 0.25) is 0 Å². The highest BCUT2D eigenvalue weighted by molar-refractivity contribution is 14.2. The Morgan fingerprint density at radius 2 is 1.90 bits per heavy atom. The van der Waals surface area contributed by atoms with Crippen molar-refractivity contribution >= 4 is 71.8 Å². The summed E-state index contributed by atoms with van der Waals surface area (Å²) in [6.45, 7) is 6.13. The van der Waals surface area contributed by atoms with Crippen LogP contribution in [-0.2, 0) is 0 Å². The second kappa shape index (κ2) is 6.24. The molecule has 0 fully saturated rings. The van der Waals surface area contributed by atoms with Crippen molar-refractivity contribution in [2.45, 2.75) is 20.8 Å². The molecule has 0 saturated carbocycles. The number of nitrogens with zero attached hydrogens (tertiary/aromatic N) is 5. The number of aromatic nitrogens is 5. The number of hydrogen-bond donors (Lipinski definition) is 0. The van der Waals surface area contributed by atoms with Crippen LogP contribution in [0.4, 0.5) is 0 Å². The second-order valence-electron chi connectivity index (χ2n) is 4.62. The van der Waals surface area contributed by atoms with Crippen LogP contribution in [0.3, 0.4) is 0 Å². The molecule has 21 heavy (non-hydrogen) atoms. The third-order valence-corrected chi connectivity index (χ3v) is 6.60. The van der Waals surface area contributed by atoms with Crippen LogP contribution >= 0.6 is 60.6 Å². The van der Waals surface area contributed by atoms with Crippen LogP contribution < -0.4 is 0 Å². The summed E-state index contributed by atoms with van der Waals surface area (Å²) in [4.78, 5) is 9.41. The van der Waals surface area contributed by atoms with E-state index in [-0.39, 0.29) is 0 Å². The third kappa shape index (κ3) is 2.70. The molecule has 0 spiro atoms. The van der Waals surface area contributed by atoms with Gasteiger partial charge < -0.3 is 0 Å². The maximum absolute atomic E-state index is 4.82. The van der Waals surface area contributed by atoms with Gasteiger partial charge in [0.25, 0.3) is 0 Å². The molecular formula is C12H11I2N5S2. The minimum Gasteiger partial charge on any atom is -0.264 e. The van der Waals surface area contributed by atoms with Crippen molar-refractivity contribution in [3.05, 3.63) is 29.3 Å². The summed E-state index contributed by atoms with van der Waals surface area (Å²) in [7, 11) is 3.16. The first kappa shape index (κ1) is 15.9. The van der Waals surface area contributed by atoms with Crippen molar-refractivity contribution in [3.8, 4) is 11.3 Å². The molecule has 110 valence electrons. The maximum atomic E-state index is 4.82. The monoisotopic (exact) mass is 543 g/mol. The van der Waals surface area contributed by atoms with E-state index >= 15 is 0 Å². The molecule has 0 unspecified atom stereocenters. The first-order valence-corrected chi connectivity index (χ1v) is 12.7. The summed E-state index contributed by atoms with van der Waals surface area (Å²) in [6.07, 6.45) is 3.90. The van der Waals surface area contributed by atoms with Crippen molar-refractivity contribution in [3.63, 3.8) is 0 Å². The smallest absolute Gasteiger partial charge is 0.169 e. The van der Waals surface area contributed by atoms with Crippen LogP contribution in [0.5, 0.6) is 0 Å². The Morgan fingerprint density at radius 1 is 1.14 bits per heavy atom. The number of fused-ring (bicyclic) bond motifs is 1. The molecule has 3 rings (SSSR count). The van der Waals surface area contributed by atoms with Crippen molar-refractivity contribution in [1.29, 1.82) is 0 Å². The fourth-order valence-electron chi connectivity index (χ4n) is 2.34. The molecule has 3 heterocycles. The summed E-state index contributed by atoms with van der Waals surface area (Å²) < 4.78 is 3.95. The Morgan fingerprint density at radius 3 is 2.52 bits per heavy atom. The highest BCUT2D eigenvalue weighted by atomic mass is 127. The lowest BCUT2D eigenvalue weighted by Crippen LogP contribution is -1.92. The van der Waals surface area contributed by atoms with Gasteiger partial charge in [-0.3, -0.25) is 3.97 Å². The lowest BCUT2D eigenvalue weighted by molar-refractivity contribution is 0.954. The van der Waals surface area contributed by atoms with Crippen molar-refractivity contribution in [2.75, 3.05) is 0 Å². The summed E-state index contributed by atoms with van der Waals surface area (Å²) in [6, 6.07) is 0. The zero-order valence-corrected chi connectivity index (χ0v) is 17.4. The minimum atomic E-state index is 0.883. The minimum absolute atomic E-state index is 0.883. The van der Waals surface area contributed by atoms with E-state index in [0.29, 0.717) is 0 Å². The first-order valence-electron chi connectivity index (χ1n) is 6.06. The van der Waals surface area contributed by atoms with Gasteiger partial charge in [0.15, 0.2) is 5.65 Å². The Kier molecular flexibility index (Phi) is 4.72. The molecule has 0 saturated heterocycles. The van der Waals surface area contributed by atoms with Gasteiger partial charge in [-0.05, 0) is 26.3 Å². The third-order valence-electron chi connectivity index (χ3n) is 3.29. The molecule has 0 amide bonds. The van der Waals surface area contributed by atoms with E-state index in [1.807, 2.05) is 21.2 Å². The highest BCUT2D eigenvalue weighted by Gasteiger charge is 2.17. The predicted octanol–water partition coefficient (Wildman–Crippen LogP) is 4.91. The Labute approximate surface area is 155 Å². The molecule has 0 aliphatic heterocycles. The molecule has 0 aliphatic carbocycles. The SMILES string of the molecule is Cc1nn(SI)c(C)c1-c1cnc2c(n1)c(C)cn2SI. The van der Waals surface area contributed by atoms with Gasteiger partial charge in [0.2, 0.25) is 0 Å². The van der Waals surface area contributed by atoms with Crippen LogP contribution in [0.15, 0.2) is 12.4 Å². The molecule has 3 aromatic rings. The number of aryl methyl sites for hydroxylation is 2. The Balaban J connectivity index is 2.22. The largest absolute Gasteiger partial charge is 0.264 e. The van der Waals surface area contributed by atoms with Crippen molar-refractivity contribution in [1.82, 2.24) is 23.1 Å². The van der Waals surface area contributed by atoms with Crippen LogP contribution in [0.1, 0.15) is 17.0 Å². The summed E-state index contributed by atoms with van der Waals surface area (Å²) >= 11 is 4.48. The molecule has 3 aromatic heterocycles. The van der Waals surface area contributed by atoms with Crippen LogP contribution in [0.25, 0.3) is 22.4 Å². The molecule has 0 N–H and O–H groups in total. The molecule has 0 aliphatic rings. The normalized spacial score (nSPS) is 11.5. The van der Waals surface area contributed by atoms with Gasteiger partial charge in [-0.15, -0.1) is 0 Å². The second-order valence-corrected chi connectivity index (χ2v) is 8.00. The number of halogens is 2. The van der Waals surface area contributed by atoms with E-state index in [4.69, 9.17) is 4.98 Å². The van der Waals surface area contributed by atoms with Gasteiger partial charge in [-0.2, -0.15) is 9.19 Å². The molecule has 9 heteroatoms. The maximum Gasteiger partial charge on any atom is 0.169 e. The van der Waals surface area contributed by atoms with Gasteiger partial charge >= 0.3 is 0 Å². The first-order chi connectivity index (χ1) is 10.1. The topological polar surface area (TPSA) is 48.5 Å². The van der Waals surface area contributed by atoms with E-state index in [1.54, 1.807) is 18.2 Å². The fourth-order valence-corrected chi connectivity index (χ4v) is 5.13. The van der Waals surface area contributed by atoms with E-state index in [1.165, 1.54) is 0 Å².